The molecule has 3 aromatic rings. The fourth-order valence-corrected chi connectivity index (χ4v) is 3.74. The molecule has 1 aliphatic rings. The van der Waals surface area contributed by atoms with E-state index in [0.717, 1.165) is 24.5 Å². The molecule has 0 bridgehead atoms. The summed E-state index contributed by atoms with van der Waals surface area (Å²) in [5, 5.41) is 0. The van der Waals surface area contributed by atoms with Crippen molar-refractivity contribution < 1.29 is 14.3 Å². The Labute approximate surface area is 176 Å². The maximum atomic E-state index is 12.9. The molecule has 1 fully saturated rings. The Bertz CT molecular complexity index is 1020. The van der Waals surface area contributed by atoms with Crippen molar-refractivity contribution in [2.75, 3.05) is 38.2 Å². The third-order valence-electron chi connectivity index (χ3n) is 5.42. The number of rotatable bonds is 5. The number of hydrogen-bond donors (Lipinski definition) is 0. The third kappa shape index (κ3) is 4.06. The Morgan fingerprint density at radius 3 is 1.93 bits per heavy atom. The monoisotopic (exact) mass is 400 g/mol. The highest BCUT2D eigenvalue weighted by atomic mass is 16.5. The maximum absolute atomic E-state index is 12.9. The number of benzene rings is 3. The van der Waals surface area contributed by atoms with E-state index in [0.29, 0.717) is 29.8 Å². The number of carbonyl (C=O) groups excluding carboxylic acids is 2. The summed E-state index contributed by atoms with van der Waals surface area (Å²) in [5.74, 6) is 0.796. The summed E-state index contributed by atoms with van der Waals surface area (Å²) in [6.07, 6.45) is 0. The van der Waals surface area contributed by atoms with Crippen LogP contribution in [0.4, 0.5) is 5.69 Å². The summed E-state index contributed by atoms with van der Waals surface area (Å²) >= 11 is 0. The first-order chi connectivity index (χ1) is 14.7. The zero-order chi connectivity index (χ0) is 20.9. The van der Waals surface area contributed by atoms with E-state index in [1.807, 2.05) is 47.4 Å². The minimum absolute atomic E-state index is 0.00612. The lowest BCUT2D eigenvalue weighted by molar-refractivity contribution is 0.0746. The number of piperazine rings is 1. The number of carbonyl (C=O) groups is 2. The van der Waals surface area contributed by atoms with Crippen molar-refractivity contribution in [1.29, 1.82) is 0 Å². The summed E-state index contributed by atoms with van der Waals surface area (Å²) in [7, 11) is 1.67. The largest absolute Gasteiger partial charge is 0.495 e. The van der Waals surface area contributed by atoms with Crippen molar-refractivity contribution in [3.05, 3.63) is 95.6 Å². The molecule has 4 rings (SSSR count). The van der Waals surface area contributed by atoms with E-state index in [1.54, 1.807) is 43.5 Å². The highest BCUT2D eigenvalue weighted by Gasteiger charge is 2.24. The molecule has 152 valence electrons. The molecule has 30 heavy (non-hydrogen) atoms. The van der Waals surface area contributed by atoms with Crippen LogP contribution in [-0.2, 0) is 0 Å². The zero-order valence-electron chi connectivity index (χ0n) is 17.0. The van der Waals surface area contributed by atoms with Gasteiger partial charge in [-0.2, -0.15) is 0 Å². The number of methoxy groups -OCH3 is 1. The molecule has 0 aliphatic carbocycles. The van der Waals surface area contributed by atoms with Crippen LogP contribution in [0.2, 0.25) is 0 Å². The minimum Gasteiger partial charge on any atom is -0.495 e. The van der Waals surface area contributed by atoms with Gasteiger partial charge in [-0.15, -0.1) is 0 Å². The van der Waals surface area contributed by atoms with Gasteiger partial charge in [0.1, 0.15) is 5.75 Å². The molecule has 0 radical (unpaired) electrons. The van der Waals surface area contributed by atoms with E-state index in [-0.39, 0.29) is 11.7 Å². The number of hydrogen-bond acceptors (Lipinski definition) is 4. The standard InChI is InChI=1S/C25H24N2O3/c1-30-23-10-6-5-9-22(23)26-15-17-27(18-16-26)25(29)21-13-11-20(12-14-21)24(28)19-7-3-2-4-8-19/h2-14H,15-18H2,1H3. The zero-order valence-corrected chi connectivity index (χ0v) is 17.0. The molecule has 5 heteroatoms. The topological polar surface area (TPSA) is 49.9 Å². The molecule has 0 atom stereocenters. The van der Waals surface area contributed by atoms with Gasteiger partial charge in [0.05, 0.1) is 12.8 Å². The smallest absolute Gasteiger partial charge is 0.253 e. The Morgan fingerprint density at radius 1 is 0.700 bits per heavy atom. The van der Waals surface area contributed by atoms with E-state index >= 15 is 0 Å². The molecule has 0 unspecified atom stereocenters. The van der Waals surface area contributed by atoms with Crippen molar-refractivity contribution in [3.63, 3.8) is 0 Å². The van der Waals surface area contributed by atoms with Gasteiger partial charge in [-0.25, -0.2) is 0 Å². The fraction of sp³-hybridized carbons (Fsp3) is 0.200. The normalized spacial score (nSPS) is 13.8. The van der Waals surface area contributed by atoms with E-state index in [9.17, 15) is 9.59 Å². The summed E-state index contributed by atoms with van der Waals surface area (Å²) in [6, 6.07) is 24.0. The Balaban J connectivity index is 1.40. The summed E-state index contributed by atoms with van der Waals surface area (Å²) in [4.78, 5) is 29.6. The van der Waals surface area contributed by atoms with Crippen molar-refractivity contribution >= 4 is 17.4 Å². The lowest BCUT2D eigenvalue weighted by Crippen LogP contribution is -2.48. The van der Waals surface area contributed by atoms with E-state index in [4.69, 9.17) is 4.74 Å². The average Bonchev–Trinajstić information content (AvgIpc) is 2.84. The Morgan fingerprint density at radius 2 is 1.27 bits per heavy atom. The highest BCUT2D eigenvalue weighted by molar-refractivity contribution is 6.09. The molecule has 1 saturated heterocycles. The van der Waals surface area contributed by atoms with Crippen molar-refractivity contribution in [2.24, 2.45) is 0 Å². The molecule has 1 aliphatic heterocycles. The molecule has 1 heterocycles. The molecule has 1 amide bonds. The van der Waals surface area contributed by atoms with Crippen LogP contribution in [0.5, 0.6) is 5.75 Å². The number of para-hydroxylation sites is 2. The predicted octanol–water partition coefficient (Wildman–Crippen LogP) is 3.89. The van der Waals surface area contributed by atoms with Crippen LogP contribution in [0.3, 0.4) is 0 Å². The fourth-order valence-electron chi connectivity index (χ4n) is 3.74. The molecule has 0 N–H and O–H groups in total. The molecule has 5 nitrogen and oxygen atoms in total. The van der Waals surface area contributed by atoms with Gasteiger partial charge >= 0.3 is 0 Å². The first-order valence-electron chi connectivity index (χ1n) is 10.0. The van der Waals surface area contributed by atoms with Crippen LogP contribution in [0.1, 0.15) is 26.3 Å². The number of ether oxygens (including phenoxy) is 1. The van der Waals surface area contributed by atoms with E-state index in [2.05, 4.69) is 4.90 Å². The molecule has 3 aromatic carbocycles. The summed E-state index contributed by atoms with van der Waals surface area (Å²) in [6.45, 7) is 2.77. The van der Waals surface area contributed by atoms with Gasteiger partial charge in [-0.1, -0.05) is 54.6 Å². The van der Waals surface area contributed by atoms with Crippen molar-refractivity contribution in [3.8, 4) is 5.75 Å². The maximum Gasteiger partial charge on any atom is 0.253 e. The van der Waals surface area contributed by atoms with Crippen LogP contribution in [0, 0.1) is 0 Å². The van der Waals surface area contributed by atoms with Gasteiger partial charge in [0.2, 0.25) is 0 Å². The molecular formula is C25H24N2O3. The van der Waals surface area contributed by atoms with Gasteiger partial charge in [0.15, 0.2) is 5.78 Å². The van der Waals surface area contributed by atoms with E-state index in [1.165, 1.54) is 0 Å². The van der Waals surface area contributed by atoms with Gasteiger partial charge in [0, 0.05) is 42.9 Å². The Hall–Kier alpha value is -3.60. The van der Waals surface area contributed by atoms with Crippen LogP contribution in [0.25, 0.3) is 0 Å². The number of anilines is 1. The van der Waals surface area contributed by atoms with Gasteiger partial charge in [-0.3, -0.25) is 9.59 Å². The van der Waals surface area contributed by atoms with Crippen LogP contribution >= 0.6 is 0 Å². The quantitative estimate of drug-likeness (QED) is 0.610. The average molecular weight is 400 g/mol. The van der Waals surface area contributed by atoms with Gasteiger partial charge < -0.3 is 14.5 Å². The molecule has 0 aromatic heterocycles. The van der Waals surface area contributed by atoms with Crippen LogP contribution in [0.15, 0.2) is 78.9 Å². The Kier molecular flexibility index (Phi) is 5.80. The SMILES string of the molecule is COc1ccccc1N1CCN(C(=O)c2ccc(C(=O)c3ccccc3)cc2)CC1. The van der Waals surface area contributed by atoms with Gasteiger partial charge in [-0.05, 0) is 24.3 Å². The summed E-state index contributed by atoms with van der Waals surface area (Å²) in [5.41, 5.74) is 2.88. The third-order valence-corrected chi connectivity index (χ3v) is 5.42. The second kappa shape index (κ2) is 8.82. The molecule has 0 saturated carbocycles. The molecule has 0 spiro atoms. The first kappa shape index (κ1) is 19.7. The second-order valence-corrected chi connectivity index (χ2v) is 7.22. The van der Waals surface area contributed by atoms with Crippen LogP contribution < -0.4 is 9.64 Å². The van der Waals surface area contributed by atoms with Crippen molar-refractivity contribution in [1.82, 2.24) is 4.90 Å². The van der Waals surface area contributed by atoms with Gasteiger partial charge in [0.25, 0.3) is 5.91 Å². The lowest BCUT2D eigenvalue weighted by atomic mass is 10.0. The molecular weight excluding hydrogens is 376 g/mol. The van der Waals surface area contributed by atoms with Crippen LogP contribution in [-0.4, -0.2) is 49.9 Å². The first-order valence-corrected chi connectivity index (χ1v) is 10.0. The number of amides is 1. The summed E-state index contributed by atoms with van der Waals surface area (Å²) < 4.78 is 5.45. The van der Waals surface area contributed by atoms with Crippen molar-refractivity contribution in [2.45, 2.75) is 0 Å². The minimum atomic E-state index is -0.0416. The highest BCUT2D eigenvalue weighted by Crippen LogP contribution is 2.28. The number of ketones is 1. The second-order valence-electron chi connectivity index (χ2n) is 7.22. The van der Waals surface area contributed by atoms with E-state index < -0.39 is 0 Å². The number of nitrogens with zero attached hydrogens (tertiary/aromatic N) is 2. The predicted molar refractivity (Wildman–Crippen MR) is 117 cm³/mol. The lowest BCUT2D eigenvalue weighted by Gasteiger charge is -2.36.